The third kappa shape index (κ3) is 5.66. The van der Waals surface area contributed by atoms with Gasteiger partial charge in [0.1, 0.15) is 0 Å². The molecule has 1 aromatic rings. The molecule has 2 atom stereocenters. The molecule has 0 unspecified atom stereocenters. The summed E-state index contributed by atoms with van der Waals surface area (Å²) in [5.74, 6) is -0.347. The van der Waals surface area contributed by atoms with E-state index in [0.29, 0.717) is 11.5 Å². The normalized spacial score (nSPS) is 21.5. The Morgan fingerprint density at radius 3 is 2.54 bits per heavy atom. The number of carbonyl (C=O) groups excluding carboxylic acids is 3. The third-order valence-electron chi connectivity index (χ3n) is 6.05. The molecule has 0 radical (unpaired) electrons. The number of ketones is 1. The summed E-state index contributed by atoms with van der Waals surface area (Å²) in [7, 11) is 0. The predicted octanol–water partition coefficient (Wildman–Crippen LogP) is 3.77. The molecule has 1 amide bonds. The lowest BCUT2D eigenvalue weighted by Crippen LogP contribution is -2.42. The van der Waals surface area contributed by atoms with Gasteiger partial charge in [-0.25, -0.2) is 0 Å². The lowest BCUT2D eigenvalue weighted by molar-refractivity contribution is -0.148. The van der Waals surface area contributed by atoms with Gasteiger partial charge >= 0.3 is 5.97 Å². The average molecular weight is 386 g/mol. The molecule has 1 fully saturated rings. The minimum atomic E-state index is -0.502. The van der Waals surface area contributed by atoms with E-state index < -0.39 is 5.97 Å². The van der Waals surface area contributed by atoms with Crippen molar-refractivity contribution in [3.63, 3.8) is 0 Å². The van der Waals surface area contributed by atoms with Gasteiger partial charge in [0, 0.05) is 18.0 Å². The largest absolute Gasteiger partial charge is 0.456 e. The maximum atomic E-state index is 12.4. The number of hydrogen-bond donors (Lipinski definition) is 1. The Bertz CT molecular complexity index is 727. The monoisotopic (exact) mass is 385 g/mol. The first-order valence-corrected chi connectivity index (χ1v) is 10.6. The first-order chi connectivity index (χ1) is 13.5. The number of esters is 1. The van der Waals surface area contributed by atoms with Crippen LogP contribution in [0.15, 0.2) is 18.2 Å². The number of rotatable bonds is 7. The van der Waals surface area contributed by atoms with Gasteiger partial charge in [0.2, 0.25) is 0 Å². The van der Waals surface area contributed by atoms with Crippen molar-refractivity contribution >= 4 is 17.7 Å². The van der Waals surface area contributed by atoms with Crippen LogP contribution in [0.3, 0.4) is 0 Å². The lowest BCUT2D eigenvalue weighted by atomic mass is 9.86. The van der Waals surface area contributed by atoms with E-state index >= 15 is 0 Å². The summed E-state index contributed by atoms with van der Waals surface area (Å²) in [5.41, 5.74) is 3.26. The Morgan fingerprint density at radius 2 is 1.75 bits per heavy atom. The highest BCUT2D eigenvalue weighted by atomic mass is 16.5. The van der Waals surface area contributed by atoms with Crippen LogP contribution in [0.25, 0.3) is 0 Å². The van der Waals surface area contributed by atoms with Gasteiger partial charge in [0.05, 0.1) is 6.42 Å². The molecule has 3 rings (SSSR count). The van der Waals surface area contributed by atoms with Gasteiger partial charge in [-0.05, 0) is 61.6 Å². The van der Waals surface area contributed by atoms with Crippen LogP contribution in [-0.4, -0.2) is 30.3 Å². The topological polar surface area (TPSA) is 72.5 Å². The van der Waals surface area contributed by atoms with Crippen LogP contribution in [0.5, 0.6) is 0 Å². The van der Waals surface area contributed by atoms with Crippen molar-refractivity contribution in [3.05, 3.63) is 34.9 Å². The highest BCUT2D eigenvalue weighted by molar-refractivity contribution is 5.97. The van der Waals surface area contributed by atoms with Gasteiger partial charge in [-0.2, -0.15) is 0 Å². The maximum absolute atomic E-state index is 12.4. The van der Waals surface area contributed by atoms with E-state index in [1.54, 1.807) is 0 Å². The summed E-state index contributed by atoms with van der Waals surface area (Å²) in [5, 5.41) is 2.96. The minimum Gasteiger partial charge on any atom is -0.456 e. The molecule has 1 saturated carbocycles. The van der Waals surface area contributed by atoms with E-state index in [0.717, 1.165) is 32.1 Å². The SMILES string of the molecule is C[C@@H]1CCCC[C@H]1NC(=O)COC(=O)CCC(=O)c1ccc2c(c1)CCCC2. The number of hydrogen-bond acceptors (Lipinski definition) is 4. The molecule has 0 aliphatic heterocycles. The number of aryl methyl sites for hydroxylation is 2. The van der Waals surface area contributed by atoms with Gasteiger partial charge in [0.15, 0.2) is 12.4 Å². The van der Waals surface area contributed by atoms with Crippen LogP contribution in [0.1, 0.15) is 79.8 Å². The number of benzene rings is 1. The predicted molar refractivity (Wildman–Crippen MR) is 107 cm³/mol. The first-order valence-electron chi connectivity index (χ1n) is 10.6. The highest BCUT2D eigenvalue weighted by Gasteiger charge is 2.23. The van der Waals surface area contributed by atoms with Crippen LogP contribution in [0.2, 0.25) is 0 Å². The summed E-state index contributed by atoms with van der Waals surface area (Å²) < 4.78 is 5.05. The fraction of sp³-hybridized carbons (Fsp3) is 0.609. The number of nitrogens with one attached hydrogen (secondary N) is 1. The van der Waals surface area contributed by atoms with E-state index in [1.165, 1.54) is 30.4 Å². The lowest BCUT2D eigenvalue weighted by Gasteiger charge is -2.29. The molecule has 1 aromatic carbocycles. The molecule has 0 spiro atoms. The van der Waals surface area contributed by atoms with E-state index in [4.69, 9.17) is 4.74 Å². The number of Topliss-reactive ketones (excluding diaryl/α,β-unsaturated/α-hetero) is 1. The second-order valence-corrected chi connectivity index (χ2v) is 8.21. The molecule has 0 bridgehead atoms. The van der Waals surface area contributed by atoms with Crippen LogP contribution < -0.4 is 5.32 Å². The summed E-state index contributed by atoms with van der Waals surface area (Å²) in [6.45, 7) is 1.87. The quantitative estimate of drug-likeness (QED) is 0.573. The molecule has 0 saturated heterocycles. The molecule has 28 heavy (non-hydrogen) atoms. The van der Waals surface area contributed by atoms with Crippen molar-refractivity contribution in [1.82, 2.24) is 5.32 Å². The zero-order valence-corrected chi connectivity index (χ0v) is 16.8. The average Bonchev–Trinajstić information content (AvgIpc) is 2.71. The third-order valence-corrected chi connectivity index (χ3v) is 6.05. The van der Waals surface area contributed by atoms with Crippen molar-refractivity contribution in [1.29, 1.82) is 0 Å². The molecule has 0 heterocycles. The molecular weight excluding hydrogens is 354 g/mol. The Labute approximate surface area is 167 Å². The van der Waals surface area contributed by atoms with Crippen LogP contribution >= 0.6 is 0 Å². The van der Waals surface area contributed by atoms with Crippen molar-refractivity contribution in [2.75, 3.05) is 6.61 Å². The fourth-order valence-corrected chi connectivity index (χ4v) is 4.26. The van der Waals surface area contributed by atoms with E-state index in [1.807, 2.05) is 18.2 Å². The molecule has 1 N–H and O–H groups in total. The summed E-state index contributed by atoms with van der Waals surface area (Å²) in [6.07, 6.45) is 9.03. The van der Waals surface area contributed by atoms with Gasteiger partial charge in [-0.15, -0.1) is 0 Å². The van der Waals surface area contributed by atoms with Gasteiger partial charge < -0.3 is 10.1 Å². The number of amides is 1. The van der Waals surface area contributed by atoms with E-state index in [-0.39, 0.29) is 37.2 Å². The Kier molecular flexibility index (Phi) is 7.24. The number of fused-ring (bicyclic) bond motifs is 1. The maximum Gasteiger partial charge on any atom is 0.306 e. The Morgan fingerprint density at radius 1 is 1.00 bits per heavy atom. The zero-order chi connectivity index (χ0) is 19.9. The van der Waals surface area contributed by atoms with Crippen molar-refractivity contribution in [2.24, 2.45) is 5.92 Å². The van der Waals surface area contributed by atoms with Crippen LogP contribution in [0.4, 0.5) is 0 Å². The Hall–Kier alpha value is -2.17. The van der Waals surface area contributed by atoms with Gasteiger partial charge in [0.25, 0.3) is 5.91 Å². The van der Waals surface area contributed by atoms with Crippen molar-refractivity contribution in [2.45, 2.75) is 77.2 Å². The number of carbonyl (C=O) groups is 3. The van der Waals surface area contributed by atoms with E-state index in [9.17, 15) is 14.4 Å². The summed E-state index contributed by atoms with van der Waals surface area (Å²) in [6, 6.07) is 6.04. The second-order valence-electron chi connectivity index (χ2n) is 8.21. The highest BCUT2D eigenvalue weighted by Crippen LogP contribution is 2.24. The van der Waals surface area contributed by atoms with Gasteiger partial charge in [-0.1, -0.05) is 31.9 Å². The number of ether oxygens (including phenoxy) is 1. The molecular formula is C23H31NO4. The summed E-state index contributed by atoms with van der Waals surface area (Å²) >= 11 is 0. The van der Waals surface area contributed by atoms with Crippen LogP contribution in [-0.2, 0) is 27.2 Å². The smallest absolute Gasteiger partial charge is 0.306 e. The van der Waals surface area contributed by atoms with Crippen molar-refractivity contribution in [3.8, 4) is 0 Å². The Balaban J connectivity index is 1.39. The molecule has 2 aliphatic carbocycles. The van der Waals surface area contributed by atoms with E-state index in [2.05, 4.69) is 12.2 Å². The molecule has 2 aliphatic rings. The fourth-order valence-electron chi connectivity index (χ4n) is 4.26. The summed E-state index contributed by atoms with van der Waals surface area (Å²) in [4.78, 5) is 36.3. The molecule has 0 aromatic heterocycles. The molecule has 152 valence electrons. The van der Waals surface area contributed by atoms with Gasteiger partial charge in [-0.3, -0.25) is 14.4 Å². The molecule has 5 nitrogen and oxygen atoms in total. The molecule has 5 heteroatoms. The van der Waals surface area contributed by atoms with Crippen LogP contribution in [0, 0.1) is 5.92 Å². The zero-order valence-electron chi connectivity index (χ0n) is 16.8. The standard InChI is InChI=1S/C23H31NO4/c1-16-6-2-5-9-20(16)24-22(26)15-28-23(27)13-12-21(25)19-11-10-17-7-3-4-8-18(17)14-19/h10-11,14,16,20H,2-9,12-13,15H2,1H3,(H,24,26)/t16-,20-/m1/s1. The van der Waals surface area contributed by atoms with Crippen molar-refractivity contribution < 1.29 is 19.1 Å². The first kappa shape index (κ1) is 20.6. The second kappa shape index (κ2) is 9.85. The minimum absolute atomic E-state index is 0.00301.